The molecule has 5 rings (SSSR count). The SMILES string of the molecule is Cc1cc(C(=O)N2CCCC(C)C2CNc2nc3ccc(Cl)cc3o2)c(-n2nccn2)cc1F. The average molecular weight is 483 g/mol. The molecule has 0 bridgehead atoms. The smallest absolute Gasteiger partial charge is 0.295 e. The molecule has 1 amide bonds. The molecule has 1 fully saturated rings. The second-order valence-corrected chi connectivity index (χ2v) is 9.07. The zero-order chi connectivity index (χ0) is 23.8. The van der Waals surface area contributed by atoms with Crippen molar-refractivity contribution >= 4 is 34.6 Å². The molecule has 10 heteroatoms. The van der Waals surface area contributed by atoms with Crippen molar-refractivity contribution in [2.24, 2.45) is 5.92 Å². The largest absolute Gasteiger partial charge is 0.424 e. The number of benzene rings is 2. The Hall–Kier alpha value is -3.46. The zero-order valence-electron chi connectivity index (χ0n) is 18.8. The third-order valence-corrected chi connectivity index (χ3v) is 6.57. The van der Waals surface area contributed by atoms with E-state index in [1.807, 2.05) is 4.90 Å². The van der Waals surface area contributed by atoms with E-state index >= 15 is 0 Å². The van der Waals surface area contributed by atoms with E-state index in [1.165, 1.54) is 23.3 Å². The summed E-state index contributed by atoms with van der Waals surface area (Å²) in [4.78, 5) is 21.4. The number of piperidine rings is 1. The number of halogens is 2. The van der Waals surface area contributed by atoms with Crippen LogP contribution in [0.1, 0.15) is 35.7 Å². The Morgan fingerprint density at radius 3 is 2.85 bits per heavy atom. The molecule has 34 heavy (non-hydrogen) atoms. The number of anilines is 1. The molecule has 1 N–H and O–H groups in total. The number of rotatable bonds is 5. The fraction of sp³-hybridized carbons (Fsp3) is 0.333. The highest BCUT2D eigenvalue weighted by atomic mass is 35.5. The third-order valence-electron chi connectivity index (χ3n) is 6.33. The van der Waals surface area contributed by atoms with E-state index < -0.39 is 5.82 Å². The summed E-state index contributed by atoms with van der Waals surface area (Å²) in [7, 11) is 0. The second-order valence-electron chi connectivity index (χ2n) is 8.63. The van der Waals surface area contributed by atoms with E-state index in [-0.39, 0.29) is 17.9 Å². The average Bonchev–Trinajstić information content (AvgIpc) is 3.49. The van der Waals surface area contributed by atoms with Gasteiger partial charge in [0.2, 0.25) is 0 Å². The predicted molar refractivity (Wildman–Crippen MR) is 127 cm³/mol. The number of aryl methyl sites for hydroxylation is 1. The highest BCUT2D eigenvalue weighted by Crippen LogP contribution is 2.29. The van der Waals surface area contributed by atoms with Gasteiger partial charge in [0.25, 0.3) is 11.9 Å². The van der Waals surface area contributed by atoms with Gasteiger partial charge in [0, 0.05) is 30.2 Å². The Bertz CT molecular complexity index is 1340. The molecule has 1 aliphatic rings. The minimum absolute atomic E-state index is 0.108. The number of aromatic nitrogens is 4. The van der Waals surface area contributed by atoms with E-state index in [1.54, 1.807) is 31.2 Å². The number of nitrogens with one attached hydrogen (secondary N) is 1. The van der Waals surface area contributed by atoms with Crippen LogP contribution in [-0.2, 0) is 0 Å². The molecular weight excluding hydrogens is 459 g/mol. The molecule has 2 unspecified atom stereocenters. The van der Waals surface area contributed by atoms with Crippen molar-refractivity contribution in [2.45, 2.75) is 32.7 Å². The molecule has 0 saturated carbocycles. The highest BCUT2D eigenvalue weighted by Gasteiger charge is 2.34. The lowest BCUT2D eigenvalue weighted by atomic mass is 9.90. The lowest BCUT2D eigenvalue weighted by Gasteiger charge is -2.40. The van der Waals surface area contributed by atoms with Crippen molar-refractivity contribution in [1.29, 1.82) is 0 Å². The van der Waals surface area contributed by atoms with Crippen LogP contribution < -0.4 is 5.32 Å². The van der Waals surface area contributed by atoms with E-state index in [0.29, 0.717) is 52.0 Å². The monoisotopic (exact) mass is 482 g/mol. The Morgan fingerprint density at radius 2 is 2.06 bits per heavy atom. The maximum atomic E-state index is 14.4. The van der Waals surface area contributed by atoms with Crippen molar-refractivity contribution in [3.05, 3.63) is 64.7 Å². The Morgan fingerprint density at radius 1 is 1.26 bits per heavy atom. The first-order valence-electron chi connectivity index (χ1n) is 11.2. The number of likely N-dealkylation sites (tertiary alicyclic amines) is 1. The summed E-state index contributed by atoms with van der Waals surface area (Å²) in [5, 5.41) is 12.0. The van der Waals surface area contributed by atoms with Crippen LogP contribution in [0.4, 0.5) is 10.4 Å². The van der Waals surface area contributed by atoms with Crippen LogP contribution >= 0.6 is 11.6 Å². The summed E-state index contributed by atoms with van der Waals surface area (Å²) < 4.78 is 20.2. The second kappa shape index (κ2) is 9.06. The van der Waals surface area contributed by atoms with E-state index in [4.69, 9.17) is 16.0 Å². The Kier molecular flexibility index (Phi) is 5.95. The molecule has 0 aliphatic carbocycles. The van der Waals surface area contributed by atoms with Crippen LogP contribution in [0, 0.1) is 18.7 Å². The molecule has 8 nitrogen and oxygen atoms in total. The van der Waals surface area contributed by atoms with E-state index in [2.05, 4.69) is 27.4 Å². The summed E-state index contributed by atoms with van der Waals surface area (Å²) in [6, 6.07) is 8.43. The fourth-order valence-electron chi connectivity index (χ4n) is 4.48. The van der Waals surface area contributed by atoms with Gasteiger partial charge in [0.05, 0.1) is 24.0 Å². The standard InChI is InChI=1S/C24H24ClFN6O2/c1-14-4-3-9-31(21(14)13-27-24-30-19-6-5-16(25)11-22(19)34-24)23(33)17-10-15(2)18(26)12-20(17)32-28-7-8-29-32/h5-8,10-12,14,21H,3-4,9,13H2,1-2H3,(H,27,30). The molecule has 176 valence electrons. The van der Waals surface area contributed by atoms with Crippen LogP contribution in [0.15, 0.2) is 47.1 Å². The van der Waals surface area contributed by atoms with Crippen LogP contribution in [0.5, 0.6) is 0 Å². The maximum Gasteiger partial charge on any atom is 0.295 e. The van der Waals surface area contributed by atoms with Crippen molar-refractivity contribution in [1.82, 2.24) is 24.9 Å². The van der Waals surface area contributed by atoms with Gasteiger partial charge in [0.15, 0.2) is 5.58 Å². The number of hydrogen-bond acceptors (Lipinski definition) is 6. The molecule has 2 atom stereocenters. The number of carbonyl (C=O) groups is 1. The third kappa shape index (κ3) is 4.23. The summed E-state index contributed by atoms with van der Waals surface area (Å²) in [6.07, 6.45) is 4.88. The topological polar surface area (TPSA) is 89.1 Å². The molecule has 0 spiro atoms. The van der Waals surface area contributed by atoms with Crippen LogP contribution in [0.3, 0.4) is 0 Å². The zero-order valence-corrected chi connectivity index (χ0v) is 19.6. The summed E-state index contributed by atoms with van der Waals surface area (Å²) in [5.41, 5.74) is 2.38. The van der Waals surface area contributed by atoms with E-state index in [9.17, 15) is 9.18 Å². The molecule has 0 radical (unpaired) electrons. The molecule has 2 aromatic carbocycles. The van der Waals surface area contributed by atoms with Crippen LogP contribution in [-0.4, -0.2) is 49.9 Å². The number of hydrogen-bond donors (Lipinski definition) is 1. The highest BCUT2D eigenvalue weighted by molar-refractivity contribution is 6.31. The molecule has 3 heterocycles. The number of amides is 1. The summed E-state index contributed by atoms with van der Waals surface area (Å²) in [6.45, 7) is 4.83. The van der Waals surface area contributed by atoms with Gasteiger partial charge in [0.1, 0.15) is 17.0 Å². The first-order chi connectivity index (χ1) is 16.4. The minimum atomic E-state index is -0.412. The number of nitrogens with zero attached hydrogens (tertiary/aromatic N) is 5. The Balaban J connectivity index is 1.42. The molecule has 1 saturated heterocycles. The van der Waals surface area contributed by atoms with Crippen molar-refractivity contribution in [2.75, 3.05) is 18.4 Å². The van der Waals surface area contributed by atoms with Gasteiger partial charge in [-0.1, -0.05) is 18.5 Å². The van der Waals surface area contributed by atoms with Crippen LogP contribution in [0.25, 0.3) is 16.8 Å². The lowest BCUT2D eigenvalue weighted by molar-refractivity contribution is 0.0538. The van der Waals surface area contributed by atoms with Gasteiger partial charge in [-0.2, -0.15) is 20.0 Å². The number of carbonyl (C=O) groups excluding carboxylic acids is 1. The van der Waals surface area contributed by atoms with Gasteiger partial charge in [-0.3, -0.25) is 4.79 Å². The Labute approximate surface area is 200 Å². The minimum Gasteiger partial charge on any atom is -0.424 e. The first-order valence-corrected chi connectivity index (χ1v) is 11.6. The first kappa shape index (κ1) is 22.3. The normalized spacial score (nSPS) is 18.4. The summed E-state index contributed by atoms with van der Waals surface area (Å²) in [5.74, 6) is -0.347. The van der Waals surface area contributed by atoms with E-state index in [0.717, 1.165) is 12.8 Å². The quantitative estimate of drug-likeness (QED) is 0.437. The van der Waals surface area contributed by atoms with Gasteiger partial charge in [-0.05, 0) is 49.4 Å². The van der Waals surface area contributed by atoms with Gasteiger partial charge in [-0.15, -0.1) is 0 Å². The van der Waals surface area contributed by atoms with Crippen molar-refractivity contribution < 1.29 is 13.6 Å². The van der Waals surface area contributed by atoms with Crippen molar-refractivity contribution in [3.8, 4) is 5.69 Å². The van der Waals surface area contributed by atoms with Gasteiger partial charge >= 0.3 is 0 Å². The number of fused-ring (bicyclic) bond motifs is 1. The molecule has 4 aromatic rings. The molecule has 2 aromatic heterocycles. The van der Waals surface area contributed by atoms with Gasteiger partial charge in [-0.25, -0.2) is 4.39 Å². The summed E-state index contributed by atoms with van der Waals surface area (Å²) >= 11 is 6.04. The van der Waals surface area contributed by atoms with Crippen molar-refractivity contribution in [3.63, 3.8) is 0 Å². The van der Waals surface area contributed by atoms with Gasteiger partial charge < -0.3 is 14.6 Å². The molecule has 1 aliphatic heterocycles. The lowest BCUT2D eigenvalue weighted by Crippen LogP contribution is -2.51. The predicted octanol–water partition coefficient (Wildman–Crippen LogP) is 4.86. The maximum absolute atomic E-state index is 14.4. The fourth-order valence-corrected chi connectivity index (χ4v) is 4.64. The molecular formula is C24H24ClFN6O2. The number of oxazole rings is 1. The van der Waals surface area contributed by atoms with Crippen LogP contribution in [0.2, 0.25) is 5.02 Å².